The molecule has 0 aliphatic carbocycles. The van der Waals surface area contributed by atoms with Crippen molar-refractivity contribution in [2.75, 3.05) is 48.7 Å². The Morgan fingerprint density at radius 2 is 1.52 bits per heavy atom. The molecule has 1 aliphatic rings. The highest BCUT2D eigenvalue weighted by atomic mass is 16.5. The number of carboxylic acids is 1. The molecule has 270 valence electrons. The highest BCUT2D eigenvalue weighted by Crippen LogP contribution is 2.41. The number of carboxylic acid groups (broad SMARTS) is 1. The topological polar surface area (TPSA) is 139 Å². The van der Waals surface area contributed by atoms with Crippen molar-refractivity contribution in [3.63, 3.8) is 0 Å². The molecule has 1 fully saturated rings. The second-order valence-electron chi connectivity index (χ2n) is 11.9. The predicted molar refractivity (Wildman–Crippen MR) is 185 cm³/mol. The van der Waals surface area contributed by atoms with Crippen molar-refractivity contribution >= 4 is 17.8 Å². The lowest BCUT2D eigenvalue weighted by molar-refractivity contribution is -0.162. The van der Waals surface area contributed by atoms with Gasteiger partial charge < -0.3 is 43.2 Å². The number of benzene rings is 3. The molecule has 1 heterocycles. The molecule has 1 aliphatic heterocycles. The molecule has 3 atom stereocenters. The fourth-order valence-electron chi connectivity index (χ4n) is 6.29. The van der Waals surface area contributed by atoms with E-state index in [9.17, 15) is 14.4 Å². The van der Waals surface area contributed by atoms with Crippen LogP contribution in [0.5, 0.6) is 34.5 Å². The SMILES string of the molecule is CC[C@@H](C(=O)N1CCCC[C@H]1C(=O)O[C@H](CCc1ccc(OC)c(OC)c1)c1cccc(OCC(=O)O)c1)c1cc(OC)c(OC)c(OC)c1. The minimum absolute atomic E-state index is 0.186. The fourth-order valence-corrected chi connectivity index (χ4v) is 6.29. The highest BCUT2D eigenvalue weighted by molar-refractivity contribution is 5.89. The van der Waals surface area contributed by atoms with Gasteiger partial charge in [-0.1, -0.05) is 25.1 Å². The summed E-state index contributed by atoms with van der Waals surface area (Å²) in [5.74, 6) is 0.454. The van der Waals surface area contributed by atoms with Crippen LogP contribution >= 0.6 is 0 Å². The minimum Gasteiger partial charge on any atom is -0.493 e. The zero-order valence-corrected chi connectivity index (χ0v) is 29.6. The van der Waals surface area contributed by atoms with Crippen molar-refractivity contribution < 1.29 is 52.6 Å². The molecular weight excluding hydrogens is 646 g/mol. The van der Waals surface area contributed by atoms with Crippen LogP contribution in [0.25, 0.3) is 0 Å². The van der Waals surface area contributed by atoms with Crippen LogP contribution in [-0.4, -0.2) is 82.6 Å². The maximum absolute atomic E-state index is 14.3. The third kappa shape index (κ3) is 9.10. The van der Waals surface area contributed by atoms with Gasteiger partial charge in [0.15, 0.2) is 29.6 Å². The van der Waals surface area contributed by atoms with Crippen LogP contribution in [0.2, 0.25) is 0 Å². The summed E-state index contributed by atoms with van der Waals surface area (Å²) in [5.41, 5.74) is 2.27. The van der Waals surface area contributed by atoms with E-state index in [1.807, 2.05) is 31.2 Å². The van der Waals surface area contributed by atoms with Crippen molar-refractivity contribution in [3.05, 3.63) is 71.3 Å². The Balaban J connectivity index is 1.61. The molecule has 1 amide bonds. The van der Waals surface area contributed by atoms with Gasteiger partial charge in [-0.05, 0) is 91.6 Å². The number of nitrogens with zero attached hydrogens (tertiary/aromatic N) is 1. The largest absolute Gasteiger partial charge is 0.493 e. The second kappa shape index (κ2) is 18.0. The van der Waals surface area contributed by atoms with E-state index >= 15 is 0 Å². The van der Waals surface area contributed by atoms with Crippen LogP contribution in [0.4, 0.5) is 0 Å². The first-order valence-electron chi connectivity index (χ1n) is 16.6. The quantitative estimate of drug-likeness (QED) is 0.167. The van der Waals surface area contributed by atoms with E-state index in [-0.39, 0.29) is 5.91 Å². The number of piperidine rings is 1. The van der Waals surface area contributed by atoms with Gasteiger partial charge in [0.2, 0.25) is 11.7 Å². The standard InChI is InChI=1S/C38H47NO11/c1-7-28(26-21-33(46-4)36(48-6)34(22-26)47-5)37(42)39-18-9-8-13-29(39)38(43)50-30(25-11-10-12-27(20-25)49-23-35(40)41)16-14-24-15-17-31(44-2)32(19-24)45-3/h10-12,15,17,19-22,28-30H,7-9,13-14,16,18,23H2,1-6H3,(H,40,41)/t28-,29+,30-/m1/s1. The van der Waals surface area contributed by atoms with Crippen LogP contribution in [0.15, 0.2) is 54.6 Å². The van der Waals surface area contributed by atoms with Gasteiger partial charge in [0.25, 0.3) is 0 Å². The Bertz CT molecular complexity index is 1600. The number of aliphatic carboxylic acids is 1. The molecule has 0 saturated carbocycles. The van der Waals surface area contributed by atoms with Crippen LogP contribution < -0.4 is 28.4 Å². The molecule has 0 spiro atoms. The minimum atomic E-state index is -1.11. The Hall–Kier alpha value is -5.13. The first-order chi connectivity index (χ1) is 24.2. The lowest BCUT2D eigenvalue weighted by Crippen LogP contribution is -2.50. The summed E-state index contributed by atoms with van der Waals surface area (Å²) in [4.78, 5) is 41.2. The van der Waals surface area contributed by atoms with Crippen molar-refractivity contribution in [2.24, 2.45) is 0 Å². The molecule has 0 aromatic heterocycles. The van der Waals surface area contributed by atoms with Crippen molar-refractivity contribution in [1.82, 2.24) is 4.90 Å². The molecule has 50 heavy (non-hydrogen) atoms. The average molecular weight is 694 g/mol. The summed E-state index contributed by atoms with van der Waals surface area (Å²) in [6, 6.07) is 15.2. The van der Waals surface area contributed by atoms with Crippen molar-refractivity contribution in [1.29, 1.82) is 0 Å². The number of esters is 1. The van der Waals surface area contributed by atoms with Crippen molar-refractivity contribution in [2.45, 2.75) is 63.5 Å². The number of ether oxygens (including phenoxy) is 7. The number of aryl methyl sites for hydroxylation is 1. The van der Waals surface area contributed by atoms with Gasteiger partial charge >= 0.3 is 11.9 Å². The van der Waals surface area contributed by atoms with E-state index in [0.29, 0.717) is 77.9 Å². The Morgan fingerprint density at radius 1 is 0.820 bits per heavy atom. The molecule has 1 N–H and O–H groups in total. The number of rotatable bonds is 17. The smallest absolute Gasteiger partial charge is 0.341 e. The molecular formula is C38H47NO11. The number of carbonyl (C=O) groups excluding carboxylic acids is 2. The number of likely N-dealkylation sites (tertiary alicyclic amines) is 1. The predicted octanol–water partition coefficient (Wildman–Crippen LogP) is 5.99. The van der Waals surface area contributed by atoms with Crippen molar-refractivity contribution in [3.8, 4) is 34.5 Å². The van der Waals surface area contributed by atoms with E-state index in [1.165, 1.54) is 21.3 Å². The first-order valence-corrected chi connectivity index (χ1v) is 16.6. The summed E-state index contributed by atoms with van der Waals surface area (Å²) in [5, 5.41) is 9.12. The molecule has 0 unspecified atom stereocenters. The van der Waals surface area contributed by atoms with Crippen LogP contribution in [0, 0.1) is 0 Å². The first kappa shape index (κ1) is 37.7. The molecule has 3 aromatic carbocycles. The van der Waals surface area contributed by atoms with Gasteiger partial charge in [-0.3, -0.25) is 4.79 Å². The molecule has 0 bridgehead atoms. The number of carbonyl (C=O) groups is 3. The molecule has 4 rings (SSSR count). The molecule has 12 heteroatoms. The fraction of sp³-hybridized carbons (Fsp3) is 0.447. The maximum atomic E-state index is 14.3. The van der Waals surface area contributed by atoms with E-state index in [0.717, 1.165) is 18.4 Å². The third-order valence-electron chi connectivity index (χ3n) is 8.85. The highest BCUT2D eigenvalue weighted by Gasteiger charge is 2.38. The van der Waals surface area contributed by atoms with Gasteiger partial charge in [0, 0.05) is 6.54 Å². The lowest BCUT2D eigenvalue weighted by atomic mass is 9.91. The maximum Gasteiger partial charge on any atom is 0.341 e. The molecule has 0 radical (unpaired) electrons. The second-order valence-corrected chi connectivity index (χ2v) is 11.9. The lowest BCUT2D eigenvalue weighted by Gasteiger charge is -2.37. The number of hydrogen-bond donors (Lipinski definition) is 1. The van der Waals surface area contributed by atoms with E-state index < -0.39 is 36.6 Å². The summed E-state index contributed by atoms with van der Waals surface area (Å²) in [6.45, 7) is 1.82. The van der Waals surface area contributed by atoms with Crippen LogP contribution in [0.3, 0.4) is 0 Å². The Morgan fingerprint density at radius 3 is 2.14 bits per heavy atom. The van der Waals surface area contributed by atoms with E-state index in [4.69, 9.17) is 38.3 Å². The van der Waals surface area contributed by atoms with Crippen LogP contribution in [-0.2, 0) is 25.5 Å². The van der Waals surface area contributed by atoms with Gasteiger partial charge in [0.05, 0.1) is 41.5 Å². The molecule has 3 aromatic rings. The summed E-state index contributed by atoms with van der Waals surface area (Å²) in [6.07, 6.45) is 2.65. The monoisotopic (exact) mass is 693 g/mol. The number of amides is 1. The van der Waals surface area contributed by atoms with Gasteiger partial charge in [-0.25, -0.2) is 9.59 Å². The summed E-state index contributed by atoms with van der Waals surface area (Å²) < 4.78 is 39.1. The molecule has 1 saturated heterocycles. The Kier molecular flexibility index (Phi) is 13.6. The van der Waals surface area contributed by atoms with E-state index in [1.54, 1.807) is 49.5 Å². The normalized spacial score (nSPS) is 15.3. The zero-order valence-electron chi connectivity index (χ0n) is 29.6. The third-order valence-corrected chi connectivity index (χ3v) is 8.85. The van der Waals surface area contributed by atoms with Gasteiger partial charge in [0.1, 0.15) is 17.9 Å². The van der Waals surface area contributed by atoms with E-state index in [2.05, 4.69) is 0 Å². The molecule has 12 nitrogen and oxygen atoms in total. The summed E-state index contributed by atoms with van der Waals surface area (Å²) in [7, 11) is 7.70. The average Bonchev–Trinajstić information content (AvgIpc) is 3.15. The van der Waals surface area contributed by atoms with Gasteiger partial charge in [-0.2, -0.15) is 0 Å². The van der Waals surface area contributed by atoms with Crippen LogP contribution in [0.1, 0.15) is 67.7 Å². The Labute approximate surface area is 293 Å². The number of methoxy groups -OCH3 is 5. The zero-order chi connectivity index (χ0) is 36.2. The van der Waals surface area contributed by atoms with Gasteiger partial charge in [-0.15, -0.1) is 0 Å². The summed E-state index contributed by atoms with van der Waals surface area (Å²) >= 11 is 0. The number of hydrogen-bond acceptors (Lipinski definition) is 10.